The zero-order chi connectivity index (χ0) is 17.2. The predicted octanol–water partition coefficient (Wildman–Crippen LogP) is 2.29. The summed E-state index contributed by atoms with van der Waals surface area (Å²) >= 11 is 0. The molecule has 2 rings (SSSR count). The van der Waals surface area contributed by atoms with Crippen LogP contribution >= 0.6 is 0 Å². The SMILES string of the molecule is Cc1ccccc1NC(=O)CN1C(=O)NC(C)(CC(C)C)C1=O. The minimum absolute atomic E-state index is 0.255. The molecule has 0 aliphatic carbocycles. The van der Waals surface area contributed by atoms with Crippen LogP contribution in [0.1, 0.15) is 32.8 Å². The molecule has 4 amide bonds. The van der Waals surface area contributed by atoms with Crippen molar-refractivity contribution in [3.63, 3.8) is 0 Å². The Hall–Kier alpha value is -2.37. The van der Waals surface area contributed by atoms with Crippen LogP contribution in [0.4, 0.5) is 10.5 Å². The maximum atomic E-state index is 12.5. The lowest BCUT2D eigenvalue weighted by molar-refractivity contribution is -0.133. The van der Waals surface area contributed by atoms with Crippen LogP contribution in [0.3, 0.4) is 0 Å². The van der Waals surface area contributed by atoms with Crippen molar-refractivity contribution in [3.8, 4) is 0 Å². The second kappa shape index (κ2) is 6.40. The number of anilines is 1. The number of urea groups is 1. The van der Waals surface area contributed by atoms with Crippen LogP contribution in [-0.2, 0) is 9.59 Å². The Bertz CT molecular complexity index is 642. The Labute approximate surface area is 136 Å². The van der Waals surface area contributed by atoms with Crippen molar-refractivity contribution in [3.05, 3.63) is 29.8 Å². The van der Waals surface area contributed by atoms with E-state index in [0.29, 0.717) is 12.1 Å². The summed E-state index contributed by atoms with van der Waals surface area (Å²) < 4.78 is 0. The molecule has 0 spiro atoms. The van der Waals surface area contributed by atoms with Gasteiger partial charge in [-0.15, -0.1) is 0 Å². The molecule has 2 N–H and O–H groups in total. The number of amides is 4. The van der Waals surface area contributed by atoms with Gasteiger partial charge in [0.25, 0.3) is 5.91 Å². The number of para-hydroxylation sites is 1. The quantitative estimate of drug-likeness (QED) is 0.818. The number of carbonyl (C=O) groups excluding carboxylic acids is 3. The Balaban J connectivity index is 2.05. The van der Waals surface area contributed by atoms with Gasteiger partial charge in [0, 0.05) is 5.69 Å². The molecule has 1 aromatic rings. The van der Waals surface area contributed by atoms with E-state index in [-0.39, 0.29) is 18.4 Å². The highest BCUT2D eigenvalue weighted by molar-refractivity contribution is 6.10. The van der Waals surface area contributed by atoms with Gasteiger partial charge in [0.15, 0.2) is 0 Å². The van der Waals surface area contributed by atoms with Crippen molar-refractivity contribution in [1.82, 2.24) is 10.2 Å². The van der Waals surface area contributed by atoms with E-state index in [1.165, 1.54) is 0 Å². The third kappa shape index (κ3) is 3.70. The summed E-state index contributed by atoms with van der Waals surface area (Å²) in [5.41, 5.74) is 0.658. The Morgan fingerprint density at radius 1 is 1.30 bits per heavy atom. The summed E-state index contributed by atoms with van der Waals surface area (Å²) in [6, 6.07) is 6.83. The molecule has 1 heterocycles. The minimum Gasteiger partial charge on any atom is -0.324 e. The number of hydrogen-bond donors (Lipinski definition) is 2. The van der Waals surface area contributed by atoms with Gasteiger partial charge in [0.1, 0.15) is 12.1 Å². The fourth-order valence-corrected chi connectivity index (χ4v) is 2.89. The Morgan fingerprint density at radius 2 is 1.96 bits per heavy atom. The van der Waals surface area contributed by atoms with Gasteiger partial charge in [-0.25, -0.2) is 4.79 Å². The number of carbonyl (C=O) groups is 3. The van der Waals surface area contributed by atoms with Gasteiger partial charge >= 0.3 is 6.03 Å². The van der Waals surface area contributed by atoms with E-state index in [4.69, 9.17) is 0 Å². The molecule has 0 radical (unpaired) electrons. The molecule has 1 saturated heterocycles. The first kappa shape index (κ1) is 17.0. The number of imide groups is 1. The molecule has 0 bridgehead atoms. The van der Waals surface area contributed by atoms with Crippen LogP contribution in [0.5, 0.6) is 0 Å². The number of nitrogens with zero attached hydrogens (tertiary/aromatic N) is 1. The summed E-state index contributed by atoms with van der Waals surface area (Å²) in [5.74, 6) is -0.488. The molecule has 1 fully saturated rings. The maximum absolute atomic E-state index is 12.5. The van der Waals surface area contributed by atoms with Gasteiger partial charge < -0.3 is 10.6 Å². The third-order valence-electron chi connectivity index (χ3n) is 3.88. The first-order chi connectivity index (χ1) is 10.7. The van der Waals surface area contributed by atoms with Crippen molar-refractivity contribution in [2.24, 2.45) is 5.92 Å². The minimum atomic E-state index is -0.936. The fourth-order valence-electron chi connectivity index (χ4n) is 2.89. The van der Waals surface area contributed by atoms with E-state index in [1.54, 1.807) is 13.0 Å². The van der Waals surface area contributed by atoms with E-state index in [0.717, 1.165) is 10.5 Å². The molecule has 1 unspecified atom stereocenters. The van der Waals surface area contributed by atoms with Crippen molar-refractivity contribution < 1.29 is 14.4 Å². The van der Waals surface area contributed by atoms with Gasteiger partial charge in [-0.1, -0.05) is 32.0 Å². The van der Waals surface area contributed by atoms with Crippen molar-refractivity contribution in [1.29, 1.82) is 0 Å². The van der Waals surface area contributed by atoms with E-state index >= 15 is 0 Å². The summed E-state index contributed by atoms with van der Waals surface area (Å²) in [4.78, 5) is 37.7. The zero-order valence-electron chi connectivity index (χ0n) is 14.0. The van der Waals surface area contributed by atoms with Crippen LogP contribution in [0, 0.1) is 12.8 Å². The number of hydrogen-bond acceptors (Lipinski definition) is 3. The highest BCUT2D eigenvalue weighted by Crippen LogP contribution is 2.25. The van der Waals surface area contributed by atoms with Gasteiger partial charge in [-0.2, -0.15) is 0 Å². The summed E-state index contributed by atoms with van der Waals surface area (Å²) in [6.07, 6.45) is 0.535. The smallest absolute Gasteiger partial charge is 0.324 e. The largest absolute Gasteiger partial charge is 0.325 e. The molecule has 6 nitrogen and oxygen atoms in total. The Kier molecular flexibility index (Phi) is 4.73. The van der Waals surface area contributed by atoms with Gasteiger partial charge in [-0.3, -0.25) is 14.5 Å². The molecule has 1 aromatic carbocycles. The molecular formula is C17H23N3O3. The summed E-state index contributed by atoms with van der Waals surface area (Å²) in [7, 11) is 0. The lowest BCUT2D eigenvalue weighted by atomic mass is 9.91. The normalized spacial score (nSPS) is 20.8. The molecule has 124 valence electrons. The Morgan fingerprint density at radius 3 is 2.57 bits per heavy atom. The van der Waals surface area contributed by atoms with Crippen molar-refractivity contribution >= 4 is 23.5 Å². The van der Waals surface area contributed by atoms with Crippen LogP contribution in [0.15, 0.2) is 24.3 Å². The predicted molar refractivity (Wildman–Crippen MR) is 87.9 cm³/mol. The number of aryl methyl sites for hydroxylation is 1. The molecule has 0 aromatic heterocycles. The first-order valence-corrected chi connectivity index (χ1v) is 7.72. The standard InChI is InChI=1S/C17H23N3O3/c1-11(2)9-17(4)15(22)20(16(23)19-17)10-14(21)18-13-8-6-5-7-12(13)3/h5-8,11H,9-10H2,1-4H3,(H,18,21)(H,19,23). The average molecular weight is 317 g/mol. The van der Waals surface area contributed by atoms with Crippen LogP contribution < -0.4 is 10.6 Å². The van der Waals surface area contributed by atoms with E-state index in [1.807, 2.05) is 39.0 Å². The molecule has 1 atom stereocenters. The van der Waals surface area contributed by atoms with Gasteiger partial charge in [0.2, 0.25) is 5.91 Å². The van der Waals surface area contributed by atoms with Crippen LogP contribution in [-0.4, -0.2) is 34.8 Å². The van der Waals surface area contributed by atoms with E-state index in [2.05, 4.69) is 10.6 Å². The molecule has 1 aliphatic rings. The van der Waals surface area contributed by atoms with Crippen molar-refractivity contribution in [2.75, 3.05) is 11.9 Å². The van der Waals surface area contributed by atoms with Crippen LogP contribution in [0.2, 0.25) is 0 Å². The van der Waals surface area contributed by atoms with Crippen molar-refractivity contribution in [2.45, 2.75) is 39.7 Å². The molecule has 1 aliphatic heterocycles. The van der Waals surface area contributed by atoms with E-state index in [9.17, 15) is 14.4 Å². The average Bonchev–Trinajstić information content (AvgIpc) is 2.64. The molecule has 23 heavy (non-hydrogen) atoms. The zero-order valence-corrected chi connectivity index (χ0v) is 14.0. The monoisotopic (exact) mass is 317 g/mol. The van der Waals surface area contributed by atoms with Crippen LogP contribution in [0.25, 0.3) is 0 Å². The fraction of sp³-hybridized carbons (Fsp3) is 0.471. The third-order valence-corrected chi connectivity index (χ3v) is 3.88. The first-order valence-electron chi connectivity index (χ1n) is 7.72. The number of rotatable bonds is 5. The molecule has 6 heteroatoms. The highest BCUT2D eigenvalue weighted by atomic mass is 16.2. The second-order valence-electron chi connectivity index (χ2n) is 6.61. The lowest BCUT2D eigenvalue weighted by Crippen LogP contribution is -2.45. The molecule has 0 saturated carbocycles. The number of benzene rings is 1. The van der Waals surface area contributed by atoms with Gasteiger partial charge in [0.05, 0.1) is 0 Å². The molecular weight excluding hydrogens is 294 g/mol. The second-order valence-corrected chi connectivity index (χ2v) is 6.61. The summed E-state index contributed by atoms with van der Waals surface area (Å²) in [5, 5.41) is 5.43. The maximum Gasteiger partial charge on any atom is 0.325 e. The lowest BCUT2D eigenvalue weighted by Gasteiger charge is -2.23. The topological polar surface area (TPSA) is 78.5 Å². The van der Waals surface area contributed by atoms with Gasteiger partial charge in [-0.05, 0) is 37.8 Å². The number of nitrogens with one attached hydrogen (secondary N) is 2. The summed E-state index contributed by atoms with van der Waals surface area (Å²) in [6.45, 7) is 7.26. The van der Waals surface area contributed by atoms with E-state index < -0.39 is 17.5 Å². The highest BCUT2D eigenvalue weighted by Gasteiger charge is 2.48.